The quantitative estimate of drug-likeness (QED) is 0.465. The zero-order valence-electron chi connectivity index (χ0n) is 17.9. The number of hydrogen-bond donors (Lipinski definition) is 2. The summed E-state index contributed by atoms with van der Waals surface area (Å²) in [4.78, 5) is 28.4. The lowest BCUT2D eigenvalue weighted by Crippen LogP contribution is -2.18. The second-order valence-electron chi connectivity index (χ2n) is 7.05. The molecule has 166 valence electrons. The van der Waals surface area contributed by atoms with Gasteiger partial charge in [0.1, 0.15) is 11.4 Å². The molecule has 4 aromatic rings. The Morgan fingerprint density at radius 1 is 1.03 bits per heavy atom. The first kappa shape index (κ1) is 21.7. The van der Waals surface area contributed by atoms with Gasteiger partial charge in [0.2, 0.25) is 0 Å². The summed E-state index contributed by atoms with van der Waals surface area (Å²) in [7, 11) is 1.48. The van der Waals surface area contributed by atoms with E-state index >= 15 is 0 Å². The van der Waals surface area contributed by atoms with Crippen molar-refractivity contribution < 1.29 is 18.7 Å². The summed E-state index contributed by atoms with van der Waals surface area (Å²) in [6, 6.07) is 16.4. The van der Waals surface area contributed by atoms with Crippen molar-refractivity contribution in [1.29, 1.82) is 0 Å². The lowest BCUT2D eigenvalue weighted by molar-refractivity contribution is 0.0957. The molecule has 0 aliphatic carbocycles. The number of nitrogens with one attached hydrogen (secondary N) is 2. The molecule has 2 N–H and O–H groups in total. The fourth-order valence-corrected chi connectivity index (χ4v) is 3.18. The number of carbonyl (C=O) groups is 2. The number of carbonyl (C=O) groups excluding carboxylic acids is 2. The number of para-hydroxylation sites is 1. The summed E-state index contributed by atoms with van der Waals surface area (Å²) in [6.07, 6.45) is 2.86. The first-order valence-corrected chi connectivity index (χ1v) is 10.0. The molecule has 9 heteroatoms. The van der Waals surface area contributed by atoms with Crippen molar-refractivity contribution in [3.05, 3.63) is 95.8 Å². The van der Waals surface area contributed by atoms with Gasteiger partial charge in [-0.25, -0.2) is 9.07 Å². The lowest BCUT2D eigenvalue weighted by atomic mass is 10.2. The molecule has 0 atom stereocenters. The maximum atomic E-state index is 14.6. The van der Waals surface area contributed by atoms with E-state index in [4.69, 9.17) is 4.74 Å². The molecule has 2 aromatic heterocycles. The van der Waals surface area contributed by atoms with E-state index in [-0.39, 0.29) is 28.8 Å². The van der Waals surface area contributed by atoms with Crippen molar-refractivity contribution in [3.63, 3.8) is 0 Å². The molecule has 0 saturated heterocycles. The van der Waals surface area contributed by atoms with Crippen LogP contribution in [0.15, 0.2) is 73.1 Å². The fraction of sp³-hybridized carbons (Fsp3) is 0.0833. The van der Waals surface area contributed by atoms with Crippen LogP contribution in [0.3, 0.4) is 0 Å². The minimum Gasteiger partial charge on any atom is -0.454 e. The molecule has 33 heavy (non-hydrogen) atoms. The van der Waals surface area contributed by atoms with Gasteiger partial charge in [-0.1, -0.05) is 18.2 Å². The van der Waals surface area contributed by atoms with Crippen molar-refractivity contribution in [3.8, 4) is 17.2 Å². The Morgan fingerprint density at radius 2 is 1.82 bits per heavy atom. The average Bonchev–Trinajstić information content (AvgIpc) is 3.22. The van der Waals surface area contributed by atoms with Gasteiger partial charge in [-0.15, -0.1) is 0 Å². The van der Waals surface area contributed by atoms with Crippen LogP contribution in [0.1, 0.15) is 26.5 Å². The van der Waals surface area contributed by atoms with Gasteiger partial charge in [0, 0.05) is 31.1 Å². The van der Waals surface area contributed by atoms with Gasteiger partial charge in [0.05, 0.1) is 23.1 Å². The van der Waals surface area contributed by atoms with Crippen LogP contribution in [-0.2, 0) is 0 Å². The zero-order chi connectivity index (χ0) is 23.4. The van der Waals surface area contributed by atoms with Gasteiger partial charge in [-0.05, 0) is 37.3 Å². The van der Waals surface area contributed by atoms with Crippen molar-refractivity contribution in [2.75, 3.05) is 12.4 Å². The molecule has 0 aliphatic rings. The number of hydrogen-bond acceptors (Lipinski definition) is 5. The van der Waals surface area contributed by atoms with Crippen LogP contribution in [-0.4, -0.2) is 33.6 Å². The van der Waals surface area contributed by atoms with Gasteiger partial charge >= 0.3 is 0 Å². The Labute approximate surface area is 189 Å². The van der Waals surface area contributed by atoms with E-state index in [1.807, 2.05) is 30.3 Å². The number of aromatic nitrogens is 3. The van der Waals surface area contributed by atoms with E-state index in [9.17, 15) is 14.0 Å². The highest BCUT2D eigenvalue weighted by Gasteiger charge is 2.16. The van der Waals surface area contributed by atoms with Gasteiger partial charge in [0.25, 0.3) is 11.8 Å². The van der Waals surface area contributed by atoms with Crippen molar-refractivity contribution in [1.82, 2.24) is 20.1 Å². The van der Waals surface area contributed by atoms with Crippen molar-refractivity contribution in [2.45, 2.75) is 6.92 Å². The van der Waals surface area contributed by atoms with Crippen LogP contribution < -0.4 is 15.4 Å². The number of ether oxygens (including phenoxy) is 1. The summed E-state index contributed by atoms with van der Waals surface area (Å²) >= 11 is 0. The van der Waals surface area contributed by atoms with Crippen LogP contribution in [0, 0.1) is 12.7 Å². The fourth-order valence-electron chi connectivity index (χ4n) is 3.18. The Balaban J connectivity index is 1.48. The number of pyridine rings is 1. The summed E-state index contributed by atoms with van der Waals surface area (Å²) in [5.74, 6) is -1.28. The third-order valence-electron chi connectivity index (χ3n) is 4.86. The summed E-state index contributed by atoms with van der Waals surface area (Å²) in [5, 5.41) is 9.42. The molecule has 2 amide bonds. The monoisotopic (exact) mass is 445 g/mol. The number of benzene rings is 2. The number of halogens is 1. The predicted octanol–water partition coefficient (Wildman–Crippen LogP) is 4.12. The molecule has 0 aliphatic heterocycles. The molecule has 0 spiro atoms. The van der Waals surface area contributed by atoms with Crippen LogP contribution in [0.25, 0.3) is 5.69 Å². The summed E-state index contributed by atoms with van der Waals surface area (Å²) < 4.78 is 21.8. The maximum Gasteiger partial charge on any atom is 0.269 e. The van der Waals surface area contributed by atoms with E-state index in [0.717, 1.165) is 11.8 Å². The molecule has 0 bridgehead atoms. The molecule has 0 unspecified atom stereocenters. The van der Waals surface area contributed by atoms with E-state index < -0.39 is 11.7 Å². The highest BCUT2D eigenvalue weighted by molar-refractivity contribution is 6.05. The predicted molar refractivity (Wildman–Crippen MR) is 120 cm³/mol. The highest BCUT2D eigenvalue weighted by atomic mass is 19.1. The molecule has 4 rings (SSSR count). The molecule has 0 saturated carbocycles. The third kappa shape index (κ3) is 4.72. The van der Waals surface area contributed by atoms with E-state index in [1.165, 1.54) is 43.7 Å². The summed E-state index contributed by atoms with van der Waals surface area (Å²) in [5.41, 5.74) is 2.27. The van der Waals surface area contributed by atoms with Gasteiger partial charge < -0.3 is 15.4 Å². The topological polar surface area (TPSA) is 98.1 Å². The van der Waals surface area contributed by atoms with Gasteiger partial charge in [-0.2, -0.15) is 5.10 Å². The Hall–Kier alpha value is -4.53. The molecule has 2 heterocycles. The molecular formula is C24H20FN5O3. The smallest absolute Gasteiger partial charge is 0.269 e. The van der Waals surface area contributed by atoms with Crippen LogP contribution >= 0.6 is 0 Å². The highest BCUT2D eigenvalue weighted by Crippen LogP contribution is 2.27. The Morgan fingerprint density at radius 3 is 2.55 bits per heavy atom. The minimum atomic E-state index is -0.678. The van der Waals surface area contributed by atoms with Crippen molar-refractivity contribution in [2.24, 2.45) is 0 Å². The first-order valence-electron chi connectivity index (χ1n) is 10.0. The average molecular weight is 445 g/mol. The lowest BCUT2D eigenvalue weighted by Gasteiger charge is -2.10. The number of anilines is 1. The normalized spacial score (nSPS) is 10.5. The van der Waals surface area contributed by atoms with Crippen LogP contribution in [0.5, 0.6) is 11.5 Å². The van der Waals surface area contributed by atoms with E-state index in [0.29, 0.717) is 11.3 Å². The summed E-state index contributed by atoms with van der Waals surface area (Å²) in [6.45, 7) is 1.79. The standard InChI is InChI=1S/C24H20FN5O3/c1-15-19(14-28-30(15)17-6-4-3-5-7-17)23(31)29-16-8-9-22(20(25)12-16)33-18-10-11-27-21(13-18)24(32)26-2/h3-14H,1-2H3,(H,26,32)(H,29,31). The zero-order valence-corrected chi connectivity index (χ0v) is 17.9. The number of amides is 2. The molecular weight excluding hydrogens is 425 g/mol. The van der Waals surface area contributed by atoms with Crippen LogP contribution in [0.4, 0.5) is 10.1 Å². The SMILES string of the molecule is CNC(=O)c1cc(Oc2ccc(NC(=O)c3cnn(-c4ccccc4)c3C)cc2F)ccn1. The minimum absolute atomic E-state index is 0.0601. The van der Waals surface area contributed by atoms with Crippen molar-refractivity contribution >= 4 is 17.5 Å². The van der Waals surface area contributed by atoms with Gasteiger partial charge in [-0.3, -0.25) is 14.6 Å². The largest absolute Gasteiger partial charge is 0.454 e. The Kier molecular flexibility index (Phi) is 6.12. The molecule has 8 nitrogen and oxygen atoms in total. The first-order chi connectivity index (χ1) is 16.0. The number of nitrogens with zero attached hydrogens (tertiary/aromatic N) is 3. The van der Waals surface area contributed by atoms with Gasteiger partial charge in [0.15, 0.2) is 11.6 Å². The Bertz CT molecular complexity index is 1320. The molecule has 2 aromatic carbocycles. The van der Waals surface area contributed by atoms with E-state index in [2.05, 4.69) is 20.7 Å². The molecule has 0 radical (unpaired) electrons. The van der Waals surface area contributed by atoms with Crippen LogP contribution in [0.2, 0.25) is 0 Å². The third-order valence-corrected chi connectivity index (χ3v) is 4.86. The molecule has 0 fully saturated rings. The number of rotatable bonds is 6. The maximum absolute atomic E-state index is 14.6. The second kappa shape index (κ2) is 9.31. The second-order valence-corrected chi connectivity index (χ2v) is 7.05. The van der Waals surface area contributed by atoms with E-state index in [1.54, 1.807) is 11.6 Å².